The van der Waals surface area contributed by atoms with E-state index in [2.05, 4.69) is 29.6 Å². The molecule has 1 aromatic carbocycles. The Morgan fingerprint density at radius 1 is 1.18 bits per heavy atom. The summed E-state index contributed by atoms with van der Waals surface area (Å²) in [5, 5.41) is 11.3. The zero-order chi connectivity index (χ0) is 20.4. The molecule has 1 heterocycles. The highest BCUT2D eigenvalue weighted by Crippen LogP contribution is 2.18. The van der Waals surface area contributed by atoms with Crippen LogP contribution in [0.5, 0.6) is 5.75 Å². The Labute approximate surface area is 168 Å². The van der Waals surface area contributed by atoms with Crippen LogP contribution < -0.4 is 15.4 Å². The van der Waals surface area contributed by atoms with Crippen molar-refractivity contribution >= 4 is 5.96 Å². The molecule has 154 valence electrons. The number of aliphatic imine (C=N–C) groups is 1. The summed E-state index contributed by atoms with van der Waals surface area (Å²) >= 11 is 0. The van der Waals surface area contributed by atoms with Gasteiger partial charge in [-0.15, -0.1) is 0 Å². The number of nitrogens with zero attached hydrogens (tertiary/aromatic N) is 3. The van der Waals surface area contributed by atoms with Crippen LogP contribution in [0.15, 0.2) is 29.3 Å². The molecule has 2 rings (SSSR count). The van der Waals surface area contributed by atoms with E-state index in [-0.39, 0.29) is 0 Å². The predicted octanol–water partition coefficient (Wildman–Crippen LogP) is 2.80. The fraction of sp³-hybridized carbons (Fsp3) is 0.524. The van der Waals surface area contributed by atoms with Gasteiger partial charge in [0.1, 0.15) is 5.75 Å². The van der Waals surface area contributed by atoms with Crippen molar-refractivity contribution in [2.45, 2.75) is 47.3 Å². The third kappa shape index (κ3) is 5.99. The first-order valence-electron chi connectivity index (χ1n) is 9.85. The molecule has 0 bridgehead atoms. The lowest BCUT2D eigenvalue weighted by Gasteiger charge is -2.13. The van der Waals surface area contributed by atoms with Crippen LogP contribution in [0, 0.1) is 13.8 Å². The minimum atomic E-state index is 0.552. The Bertz CT molecular complexity index is 770. The summed E-state index contributed by atoms with van der Waals surface area (Å²) in [6, 6.07) is 8.02. The zero-order valence-electron chi connectivity index (χ0n) is 17.7. The summed E-state index contributed by atoms with van der Waals surface area (Å²) in [5.74, 6) is 1.66. The van der Waals surface area contributed by atoms with E-state index in [0.29, 0.717) is 26.3 Å². The number of rotatable bonds is 10. The van der Waals surface area contributed by atoms with E-state index in [1.54, 1.807) is 7.11 Å². The standard InChI is InChI=1S/C21H33N5O2/c1-6-22-21(23-14-18-10-8-9-11-20(18)28-7-2)24-15-19-16(3)25-26(17(19)4)12-13-27-5/h8-11H,6-7,12-15H2,1-5H3,(H2,22,23,24). The number of ether oxygens (including phenoxy) is 2. The van der Waals surface area contributed by atoms with Gasteiger partial charge >= 0.3 is 0 Å². The van der Waals surface area contributed by atoms with E-state index >= 15 is 0 Å². The summed E-state index contributed by atoms with van der Waals surface area (Å²) in [7, 11) is 1.71. The maximum Gasteiger partial charge on any atom is 0.191 e. The lowest BCUT2D eigenvalue weighted by Crippen LogP contribution is -2.37. The number of aryl methyl sites for hydroxylation is 1. The molecule has 2 aromatic rings. The van der Waals surface area contributed by atoms with E-state index in [1.165, 1.54) is 5.56 Å². The van der Waals surface area contributed by atoms with Crippen LogP contribution in [0.1, 0.15) is 36.4 Å². The number of para-hydroxylation sites is 1. The molecule has 0 saturated carbocycles. The lowest BCUT2D eigenvalue weighted by atomic mass is 10.2. The largest absolute Gasteiger partial charge is 0.494 e. The van der Waals surface area contributed by atoms with Gasteiger partial charge < -0.3 is 20.1 Å². The van der Waals surface area contributed by atoms with Crippen LogP contribution in [0.25, 0.3) is 0 Å². The highest BCUT2D eigenvalue weighted by Gasteiger charge is 2.12. The van der Waals surface area contributed by atoms with Gasteiger partial charge in [-0.05, 0) is 33.8 Å². The van der Waals surface area contributed by atoms with Crippen molar-refractivity contribution in [2.24, 2.45) is 4.99 Å². The molecule has 0 spiro atoms. The van der Waals surface area contributed by atoms with E-state index in [9.17, 15) is 0 Å². The summed E-state index contributed by atoms with van der Waals surface area (Å²) in [5.41, 5.74) is 4.44. The Morgan fingerprint density at radius 3 is 2.68 bits per heavy atom. The van der Waals surface area contributed by atoms with Crippen molar-refractivity contribution in [2.75, 3.05) is 26.9 Å². The predicted molar refractivity (Wildman–Crippen MR) is 113 cm³/mol. The number of benzene rings is 1. The van der Waals surface area contributed by atoms with Gasteiger partial charge in [0.15, 0.2) is 5.96 Å². The second-order valence-corrected chi connectivity index (χ2v) is 6.45. The van der Waals surface area contributed by atoms with Gasteiger partial charge in [0.25, 0.3) is 0 Å². The first kappa shape index (κ1) is 21.8. The third-order valence-corrected chi connectivity index (χ3v) is 4.50. The molecule has 0 radical (unpaired) electrons. The molecule has 7 nitrogen and oxygen atoms in total. The lowest BCUT2D eigenvalue weighted by molar-refractivity contribution is 0.182. The number of hydrogen-bond acceptors (Lipinski definition) is 4. The molecule has 0 unspecified atom stereocenters. The molecule has 0 atom stereocenters. The van der Waals surface area contributed by atoms with E-state index in [0.717, 1.165) is 41.7 Å². The van der Waals surface area contributed by atoms with Gasteiger partial charge in [-0.25, -0.2) is 4.99 Å². The van der Waals surface area contributed by atoms with Gasteiger partial charge in [-0.2, -0.15) is 5.10 Å². The smallest absolute Gasteiger partial charge is 0.191 e. The van der Waals surface area contributed by atoms with Gasteiger partial charge in [0.05, 0.1) is 32.0 Å². The van der Waals surface area contributed by atoms with Gasteiger partial charge in [-0.3, -0.25) is 4.68 Å². The SMILES string of the molecule is CCNC(=NCc1ccccc1OCC)NCc1c(C)nn(CCOC)c1C. The Balaban J connectivity index is 2.07. The molecule has 7 heteroatoms. The Hall–Kier alpha value is -2.54. The van der Waals surface area contributed by atoms with Crippen molar-refractivity contribution in [1.82, 2.24) is 20.4 Å². The number of methoxy groups -OCH3 is 1. The van der Waals surface area contributed by atoms with Crippen LogP contribution in [0.4, 0.5) is 0 Å². The van der Waals surface area contributed by atoms with Crippen LogP contribution in [-0.4, -0.2) is 42.6 Å². The molecule has 28 heavy (non-hydrogen) atoms. The molecule has 0 amide bonds. The molecule has 0 saturated heterocycles. The quantitative estimate of drug-likeness (QED) is 0.484. The molecular formula is C21H33N5O2. The van der Waals surface area contributed by atoms with Crippen molar-refractivity contribution in [1.29, 1.82) is 0 Å². The van der Waals surface area contributed by atoms with Crippen LogP contribution in [0.3, 0.4) is 0 Å². The fourth-order valence-corrected chi connectivity index (χ4v) is 2.99. The maximum atomic E-state index is 5.69. The molecule has 1 aromatic heterocycles. The van der Waals surface area contributed by atoms with Gasteiger partial charge in [-0.1, -0.05) is 18.2 Å². The van der Waals surface area contributed by atoms with Crippen molar-refractivity contribution in [3.05, 3.63) is 46.8 Å². The second kappa shape index (κ2) is 11.3. The summed E-state index contributed by atoms with van der Waals surface area (Å²) in [6.45, 7) is 12.2. The van der Waals surface area contributed by atoms with E-state index < -0.39 is 0 Å². The highest BCUT2D eigenvalue weighted by atomic mass is 16.5. The van der Waals surface area contributed by atoms with Crippen molar-refractivity contribution in [3.8, 4) is 5.75 Å². The minimum absolute atomic E-state index is 0.552. The zero-order valence-corrected chi connectivity index (χ0v) is 17.7. The van der Waals surface area contributed by atoms with Crippen molar-refractivity contribution < 1.29 is 9.47 Å². The molecule has 2 N–H and O–H groups in total. The first-order valence-corrected chi connectivity index (χ1v) is 9.85. The van der Waals surface area contributed by atoms with Gasteiger partial charge in [0.2, 0.25) is 0 Å². The third-order valence-electron chi connectivity index (χ3n) is 4.50. The monoisotopic (exact) mass is 387 g/mol. The first-order chi connectivity index (χ1) is 13.6. The summed E-state index contributed by atoms with van der Waals surface area (Å²) in [6.07, 6.45) is 0. The average molecular weight is 388 g/mol. The summed E-state index contributed by atoms with van der Waals surface area (Å²) in [4.78, 5) is 4.72. The number of aromatic nitrogens is 2. The van der Waals surface area contributed by atoms with E-state index in [4.69, 9.17) is 14.5 Å². The summed E-state index contributed by atoms with van der Waals surface area (Å²) < 4.78 is 12.9. The highest BCUT2D eigenvalue weighted by molar-refractivity contribution is 5.79. The number of hydrogen-bond donors (Lipinski definition) is 2. The van der Waals surface area contributed by atoms with E-state index in [1.807, 2.05) is 42.8 Å². The molecular weight excluding hydrogens is 354 g/mol. The molecule has 0 aliphatic heterocycles. The van der Waals surface area contributed by atoms with Crippen LogP contribution in [-0.2, 0) is 24.4 Å². The van der Waals surface area contributed by atoms with Crippen LogP contribution >= 0.6 is 0 Å². The average Bonchev–Trinajstić information content (AvgIpc) is 2.96. The number of nitrogens with one attached hydrogen (secondary N) is 2. The van der Waals surface area contributed by atoms with Gasteiger partial charge in [0, 0.05) is 37.0 Å². The van der Waals surface area contributed by atoms with Crippen LogP contribution in [0.2, 0.25) is 0 Å². The minimum Gasteiger partial charge on any atom is -0.494 e. The number of guanidine groups is 1. The molecule has 0 aliphatic carbocycles. The Morgan fingerprint density at radius 2 is 1.96 bits per heavy atom. The fourth-order valence-electron chi connectivity index (χ4n) is 2.99. The second-order valence-electron chi connectivity index (χ2n) is 6.45. The maximum absolute atomic E-state index is 5.69. The molecule has 0 fully saturated rings. The molecule has 0 aliphatic rings. The Kier molecular flexibility index (Phi) is 8.81. The topological polar surface area (TPSA) is 72.7 Å². The van der Waals surface area contributed by atoms with Crippen molar-refractivity contribution in [3.63, 3.8) is 0 Å². The normalized spacial score (nSPS) is 11.5.